The number of hydrogen-bond donors (Lipinski definition) is 0. The molecule has 2 amide bonds. The summed E-state index contributed by atoms with van der Waals surface area (Å²) in [6, 6.07) is 127. The second-order valence-corrected chi connectivity index (χ2v) is 26.5. The monoisotopic (exact) mass is 1790 g/mol. The van der Waals surface area contributed by atoms with Crippen LogP contribution in [-0.4, -0.2) is 55.8 Å². The third kappa shape index (κ3) is 15.8. The van der Waals surface area contributed by atoms with Crippen LogP contribution in [-0.2, 0) is 40.2 Å². The maximum atomic E-state index is 15.3. The Hall–Kier alpha value is -13.4. The molecule has 0 fully saturated rings. The Labute approximate surface area is 678 Å². The average molecular weight is 1790 g/mol. The van der Waals surface area contributed by atoms with E-state index in [-0.39, 0.29) is 52.0 Å². The Morgan fingerprint density at radius 1 is 0.241 bits per heavy atom. The van der Waals surface area contributed by atoms with Crippen LogP contribution in [0.1, 0.15) is 20.7 Å². The summed E-state index contributed by atoms with van der Waals surface area (Å²) in [5.41, 5.74) is 27.0. The minimum atomic E-state index is -0.209. The van der Waals surface area contributed by atoms with Gasteiger partial charge in [-0.05, 0) is 151 Å². The van der Waals surface area contributed by atoms with Crippen molar-refractivity contribution in [1.82, 2.24) is 29.9 Å². The topological polar surface area (TPSA) is 118 Å². The molecule has 17 rings (SSSR count). The van der Waals surface area contributed by atoms with Crippen LogP contribution in [0.4, 0.5) is 11.4 Å². The quantitative estimate of drug-likeness (QED) is 0.0780. The Morgan fingerprint density at radius 2 is 0.482 bits per heavy atom. The Kier molecular flexibility index (Phi) is 22.2. The fraction of sp³-hybridized carbons (Fsp3) is 0.0200. The molecular weight excluding hydrogens is 1730 g/mol. The molecule has 0 spiro atoms. The molecule has 12 aromatic carbocycles. The molecule has 534 valence electrons. The zero-order valence-corrected chi connectivity index (χ0v) is 65.3. The summed E-state index contributed by atoms with van der Waals surface area (Å²) >= 11 is 0. The predicted octanol–water partition coefficient (Wildman–Crippen LogP) is 22.7. The van der Waals surface area contributed by atoms with Crippen molar-refractivity contribution in [2.45, 2.75) is 0 Å². The molecule has 0 N–H and O–H groups in total. The molecule has 0 saturated carbocycles. The van der Waals surface area contributed by atoms with E-state index in [0.29, 0.717) is 45.0 Å². The van der Waals surface area contributed by atoms with Crippen molar-refractivity contribution in [1.29, 1.82) is 0 Å². The van der Waals surface area contributed by atoms with Crippen LogP contribution in [0.2, 0.25) is 0 Å². The molecule has 5 aromatic heterocycles. The maximum absolute atomic E-state index is 15.3. The van der Waals surface area contributed by atoms with E-state index in [1.165, 1.54) is 6.33 Å². The van der Waals surface area contributed by atoms with E-state index in [2.05, 4.69) is 141 Å². The fourth-order valence-corrected chi connectivity index (χ4v) is 14.0. The molecular formula is C100H64Ir2N8O2. The summed E-state index contributed by atoms with van der Waals surface area (Å²) in [4.78, 5) is 61.5. The van der Waals surface area contributed by atoms with Crippen molar-refractivity contribution in [3.05, 3.63) is 400 Å². The van der Waals surface area contributed by atoms with Gasteiger partial charge in [-0.15, -0.1) is 179 Å². The van der Waals surface area contributed by atoms with Gasteiger partial charge in [0.1, 0.15) is 0 Å². The Balaban J connectivity index is 0.00000496. The molecule has 0 aliphatic carbocycles. The second kappa shape index (κ2) is 33.6. The number of pyridine rings is 4. The number of nitrogens with zero attached hydrogens (tertiary/aromatic N) is 8. The van der Waals surface area contributed by atoms with Crippen LogP contribution < -0.4 is 9.80 Å². The normalized spacial score (nSPS) is 10.9. The maximum Gasteiger partial charge on any atom is 3.00 e. The van der Waals surface area contributed by atoms with E-state index in [0.717, 1.165) is 134 Å². The first kappa shape index (κ1) is 74.0. The third-order valence-corrected chi connectivity index (χ3v) is 19.8. The number of anilines is 2. The Morgan fingerprint density at radius 3 is 0.714 bits per heavy atom. The first-order valence-electron chi connectivity index (χ1n) is 36.0. The van der Waals surface area contributed by atoms with Crippen LogP contribution in [0.15, 0.2) is 353 Å². The summed E-state index contributed by atoms with van der Waals surface area (Å²) < 4.78 is 0. The number of benzene rings is 12. The first-order chi connectivity index (χ1) is 54.2. The molecule has 12 heteroatoms. The molecule has 0 radical (unpaired) electrons. The van der Waals surface area contributed by atoms with Crippen molar-refractivity contribution in [3.63, 3.8) is 0 Å². The van der Waals surface area contributed by atoms with E-state index in [1.54, 1.807) is 48.7 Å². The van der Waals surface area contributed by atoms with Crippen LogP contribution in [0, 0.1) is 36.4 Å². The molecule has 0 aliphatic rings. The average Bonchev–Trinajstić information content (AvgIpc) is 0.775. The minimum absolute atomic E-state index is 0. The Bertz CT molecular complexity index is 5510. The predicted molar refractivity (Wildman–Crippen MR) is 441 cm³/mol. The number of carbonyl (C=O) groups is 2. The van der Waals surface area contributed by atoms with Crippen LogP contribution >= 0.6 is 0 Å². The van der Waals surface area contributed by atoms with Crippen molar-refractivity contribution in [3.8, 4) is 157 Å². The molecule has 0 saturated heterocycles. The van der Waals surface area contributed by atoms with Crippen molar-refractivity contribution in [2.24, 2.45) is 0 Å². The van der Waals surface area contributed by atoms with Gasteiger partial charge in [-0.2, -0.15) is 0 Å². The van der Waals surface area contributed by atoms with E-state index in [1.807, 2.05) is 237 Å². The zero-order chi connectivity index (χ0) is 74.3. The number of carbonyl (C=O) groups excluding carboxylic acids is 2. The smallest absolute Gasteiger partial charge is 0.351 e. The van der Waals surface area contributed by atoms with Gasteiger partial charge in [0.25, 0.3) is 0 Å². The SMILES string of the molecule is CN(C(=O)c1cc(-c2ccccc2-c2c[c-]c(-c3ccccn3)cc2)cc(-c2ccccc2-c2c[c-]c(-c3ccccn3)cc2)c1)c1c[c-]c(-c2cc(-c3[c-]cc(N(C)C(=O)c4cc(-c5ccccc5-c5c[c-]c(-c6ccccn6)cc5)cc(-c5ccccc5-c5c[c-]c(-c6ccccn6)cc5)c4)cc3)ncn2)cc1.[Ir+3].[Ir+3]. The van der Waals surface area contributed by atoms with Gasteiger partial charge in [0.2, 0.25) is 11.8 Å². The summed E-state index contributed by atoms with van der Waals surface area (Å²) in [7, 11) is 3.57. The third-order valence-electron chi connectivity index (χ3n) is 19.8. The number of hydrogen-bond acceptors (Lipinski definition) is 8. The number of rotatable bonds is 18. The van der Waals surface area contributed by atoms with Gasteiger partial charge < -0.3 is 29.7 Å². The van der Waals surface area contributed by atoms with Crippen LogP contribution in [0.25, 0.3) is 157 Å². The van der Waals surface area contributed by atoms with Gasteiger partial charge in [-0.25, -0.2) is 0 Å². The van der Waals surface area contributed by atoms with Gasteiger partial charge in [0.05, 0.1) is 6.33 Å². The largest absolute Gasteiger partial charge is 3.00 e. The molecule has 5 heterocycles. The molecule has 0 atom stereocenters. The number of aromatic nitrogens is 6. The second-order valence-electron chi connectivity index (χ2n) is 26.5. The minimum Gasteiger partial charge on any atom is -0.351 e. The molecule has 10 nitrogen and oxygen atoms in total. The number of amides is 2. The molecule has 17 aromatic rings. The van der Waals surface area contributed by atoms with Crippen LogP contribution in [0.5, 0.6) is 0 Å². The first-order valence-corrected chi connectivity index (χ1v) is 36.0. The summed E-state index contributed by atoms with van der Waals surface area (Å²) in [5, 5.41) is 0. The molecule has 0 unspecified atom stereocenters. The van der Waals surface area contributed by atoms with E-state index < -0.39 is 0 Å². The van der Waals surface area contributed by atoms with E-state index in [4.69, 9.17) is 9.97 Å². The van der Waals surface area contributed by atoms with E-state index >= 15 is 9.59 Å². The molecule has 0 bridgehead atoms. The molecule has 0 aliphatic heterocycles. The summed E-state index contributed by atoms with van der Waals surface area (Å²) in [6.45, 7) is 0. The van der Waals surface area contributed by atoms with Crippen LogP contribution in [0.3, 0.4) is 0 Å². The van der Waals surface area contributed by atoms with Crippen molar-refractivity contribution in [2.75, 3.05) is 23.9 Å². The van der Waals surface area contributed by atoms with Gasteiger partial charge in [0, 0.05) is 50.0 Å². The summed E-state index contributed by atoms with van der Waals surface area (Å²) in [5.74, 6) is -0.418. The standard InChI is InChI=1S/C100H64N8O2.2Ir/c1-107(99(109)81-61-77(89-23-7-3-19-85(89)67-31-39-71(40-32-67)93-27-11-15-55-101-93)59-78(62-81)90-24-8-4-20-86(90)68-33-41-72(42-34-68)94-28-12-16-56-102-94)83-51-47-75(48-52-83)97-65-98(106-66-105-97)76-49-53-84(54-50-76)108(2)100(110)82-63-79(91-25-9-5-21-87(91)69-35-43-73(44-36-69)95-29-13-17-57-103-95)60-80(64-82)92-26-10-6-22-88(92)70-37-45-74(46-38-70)96-30-14-18-58-104-96;;/h3-39,41,43,45,47,49,51-66H,1-2H3;;/q-6;2*+3. The van der Waals surface area contributed by atoms with E-state index in [9.17, 15) is 0 Å². The summed E-state index contributed by atoms with van der Waals surface area (Å²) in [6.07, 6.45) is 8.67. The van der Waals surface area contributed by atoms with Crippen molar-refractivity contribution < 1.29 is 49.8 Å². The molecule has 112 heavy (non-hydrogen) atoms. The zero-order valence-electron chi connectivity index (χ0n) is 60.5. The van der Waals surface area contributed by atoms with Gasteiger partial charge in [0.15, 0.2) is 0 Å². The fourth-order valence-electron chi connectivity index (χ4n) is 14.0. The van der Waals surface area contributed by atoms with Gasteiger partial charge in [-0.1, -0.05) is 196 Å². The van der Waals surface area contributed by atoms with Gasteiger partial charge >= 0.3 is 40.2 Å². The van der Waals surface area contributed by atoms with Gasteiger partial charge in [-0.3, -0.25) is 19.6 Å². The van der Waals surface area contributed by atoms with Crippen molar-refractivity contribution >= 4 is 23.2 Å².